The van der Waals surface area contributed by atoms with Crippen LogP contribution in [0, 0.1) is 0 Å². The van der Waals surface area contributed by atoms with Gasteiger partial charge in [-0.05, 0) is 43.2 Å². The summed E-state index contributed by atoms with van der Waals surface area (Å²) >= 11 is 0. The quantitative estimate of drug-likeness (QED) is 0.231. The summed E-state index contributed by atoms with van der Waals surface area (Å²) in [6.07, 6.45) is -0.670. The smallest absolute Gasteiger partial charge is 0.437 e. The van der Waals surface area contributed by atoms with Crippen LogP contribution in [0.25, 0.3) is 21.9 Å². The molecule has 1 atom stereocenters. The Morgan fingerprint density at radius 1 is 1.08 bits per heavy atom. The fourth-order valence-corrected chi connectivity index (χ4v) is 4.34. The van der Waals surface area contributed by atoms with E-state index < -0.39 is 23.9 Å². The lowest BCUT2D eigenvalue weighted by Crippen LogP contribution is -2.17. The van der Waals surface area contributed by atoms with Crippen LogP contribution in [0.1, 0.15) is 50.4 Å². The van der Waals surface area contributed by atoms with E-state index in [0.29, 0.717) is 49.4 Å². The highest BCUT2D eigenvalue weighted by Crippen LogP contribution is 2.38. The Labute approximate surface area is 205 Å². The largest absolute Gasteiger partial charge is 0.493 e. The maximum Gasteiger partial charge on any atom is 0.437 e. The van der Waals surface area contributed by atoms with Gasteiger partial charge in [0, 0.05) is 23.6 Å². The van der Waals surface area contributed by atoms with Crippen LogP contribution >= 0.6 is 0 Å². The highest BCUT2D eigenvalue weighted by molar-refractivity contribution is 5.88. The molecule has 2 aromatic heterocycles. The van der Waals surface area contributed by atoms with Crippen molar-refractivity contribution in [3.8, 4) is 11.5 Å². The van der Waals surface area contributed by atoms with Gasteiger partial charge in [-0.2, -0.15) is 13.2 Å². The molecule has 1 unspecified atom stereocenters. The molecule has 0 aliphatic rings. The van der Waals surface area contributed by atoms with Crippen LogP contribution in [0.2, 0.25) is 0 Å². The molecular formula is C26H27F3N2O5. The zero-order valence-corrected chi connectivity index (χ0v) is 20.0. The lowest BCUT2D eigenvalue weighted by atomic mass is 10.0. The molecule has 0 radical (unpaired) electrons. The Hall–Kier alpha value is -3.69. The molecule has 0 amide bonds. The summed E-state index contributed by atoms with van der Waals surface area (Å²) in [5.41, 5.74) is 0.405. The van der Waals surface area contributed by atoms with Crippen molar-refractivity contribution < 1.29 is 37.1 Å². The third kappa shape index (κ3) is 4.98. The van der Waals surface area contributed by atoms with E-state index in [9.17, 15) is 23.1 Å². The number of alkyl halides is 3. The van der Waals surface area contributed by atoms with E-state index in [2.05, 4.69) is 5.16 Å². The average molecular weight is 505 g/mol. The molecule has 0 fully saturated rings. The second-order valence-corrected chi connectivity index (χ2v) is 8.42. The standard InChI is InChI=1S/C26H27F3N2O5/c1-3-7-17-22(11-10-18-23(17)36-30-24(18)26(27,28)29)35-15-6-14-34-21-9-5-8-20-16(21)12-13-31(20)19(4-2)25(32)33/h5,8-13,19H,3-4,6-7,14-15H2,1-2H3,(H,32,33). The number of carbonyl (C=O) groups is 1. The van der Waals surface area contributed by atoms with E-state index in [1.807, 2.05) is 38.1 Å². The van der Waals surface area contributed by atoms with E-state index >= 15 is 0 Å². The van der Waals surface area contributed by atoms with Gasteiger partial charge in [0.25, 0.3) is 0 Å². The number of nitrogens with zero attached hydrogens (tertiary/aromatic N) is 2. The molecule has 2 heterocycles. The summed E-state index contributed by atoms with van der Waals surface area (Å²) in [7, 11) is 0. The number of aliphatic carboxylic acids is 1. The first-order chi connectivity index (χ1) is 17.3. The Bertz CT molecular complexity index is 1360. The number of carboxylic acid groups (broad SMARTS) is 1. The fraction of sp³-hybridized carbons (Fsp3) is 0.385. The molecule has 36 heavy (non-hydrogen) atoms. The molecule has 7 nitrogen and oxygen atoms in total. The van der Waals surface area contributed by atoms with E-state index in [4.69, 9.17) is 14.0 Å². The third-order valence-corrected chi connectivity index (χ3v) is 6.00. The van der Waals surface area contributed by atoms with Gasteiger partial charge in [-0.3, -0.25) is 0 Å². The molecule has 0 aliphatic carbocycles. The number of ether oxygens (including phenoxy) is 2. The number of benzene rings is 2. The molecular weight excluding hydrogens is 477 g/mol. The highest BCUT2D eigenvalue weighted by Gasteiger charge is 2.37. The topological polar surface area (TPSA) is 86.7 Å². The van der Waals surface area contributed by atoms with Gasteiger partial charge in [-0.1, -0.05) is 31.5 Å². The summed E-state index contributed by atoms with van der Waals surface area (Å²) in [4.78, 5) is 11.6. The first-order valence-corrected chi connectivity index (χ1v) is 11.8. The Morgan fingerprint density at radius 2 is 1.83 bits per heavy atom. The zero-order chi connectivity index (χ0) is 25.9. The fourth-order valence-electron chi connectivity index (χ4n) is 4.34. The minimum absolute atomic E-state index is 0.0742. The normalized spacial score (nSPS) is 12.8. The Balaban J connectivity index is 1.42. The van der Waals surface area contributed by atoms with Gasteiger partial charge in [0.05, 0.1) is 24.1 Å². The Kier molecular flexibility index (Phi) is 7.42. The molecule has 0 spiro atoms. The van der Waals surface area contributed by atoms with Crippen LogP contribution in [-0.2, 0) is 17.4 Å². The van der Waals surface area contributed by atoms with Crippen molar-refractivity contribution >= 4 is 27.8 Å². The number of halogens is 3. The van der Waals surface area contributed by atoms with Gasteiger partial charge in [-0.25, -0.2) is 4.79 Å². The number of hydrogen-bond donors (Lipinski definition) is 1. The van der Waals surface area contributed by atoms with E-state index in [1.165, 1.54) is 12.1 Å². The first kappa shape index (κ1) is 25.4. The van der Waals surface area contributed by atoms with Crippen LogP contribution in [-0.4, -0.2) is 34.0 Å². The number of carboxylic acids is 1. The number of rotatable bonds is 11. The van der Waals surface area contributed by atoms with Crippen LogP contribution in [0.5, 0.6) is 11.5 Å². The third-order valence-electron chi connectivity index (χ3n) is 6.00. The van der Waals surface area contributed by atoms with Gasteiger partial charge in [0.2, 0.25) is 0 Å². The van der Waals surface area contributed by atoms with Crippen LogP contribution in [0.15, 0.2) is 47.1 Å². The lowest BCUT2D eigenvalue weighted by Gasteiger charge is -2.14. The second-order valence-electron chi connectivity index (χ2n) is 8.42. The Morgan fingerprint density at radius 3 is 2.50 bits per heavy atom. The molecule has 0 saturated carbocycles. The predicted octanol–water partition coefficient (Wildman–Crippen LogP) is 6.64. The van der Waals surface area contributed by atoms with Crippen molar-refractivity contribution in [2.75, 3.05) is 13.2 Å². The zero-order valence-electron chi connectivity index (χ0n) is 20.0. The number of aryl methyl sites for hydroxylation is 1. The summed E-state index contributed by atoms with van der Waals surface area (Å²) < 4.78 is 58.2. The van der Waals surface area contributed by atoms with Crippen molar-refractivity contribution in [1.29, 1.82) is 0 Å². The maximum atomic E-state index is 13.2. The average Bonchev–Trinajstić information content (AvgIpc) is 3.46. The molecule has 1 N–H and O–H groups in total. The van der Waals surface area contributed by atoms with Gasteiger partial charge in [0.15, 0.2) is 11.3 Å². The van der Waals surface area contributed by atoms with Gasteiger partial charge >= 0.3 is 12.1 Å². The second kappa shape index (κ2) is 10.5. The predicted molar refractivity (Wildman–Crippen MR) is 128 cm³/mol. The molecule has 192 valence electrons. The van der Waals surface area contributed by atoms with Crippen LogP contribution < -0.4 is 9.47 Å². The molecule has 10 heteroatoms. The van der Waals surface area contributed by atoms with E-state index in [-0.39, 0.29) is 17.6 Å². The van der Waals surface area contributed by atoms with Crippen molar-refractivity contribution in [3.05, 3.63) is 53.9 Å². The summed E-state index contributed by atoms with van der Waals surface area (Å²) in [5, 5.41) is 13.5. The van der Waals surface area contributed by atoms with Crippen molar-refractivity contribution in [2.24, 2.45) is 0 Å². The van der Waals surface area contributed by atoms with Crippen molar-refractivity contribution in [1.82, 2.24) is 9.72 Å². The number of hydrogen-bond acceptors (Lipinski definition) is 5. The molecule has 4 aromatic rings. The monoisotopic (exact) mass is 504 g/mol. The molecule has 0 bridgehead atoms. The molecule has 0 aliphatic heterocycles. The van der Waals surface area contributed by atoms with Crippen LogP contribution in [0.4, 0.5) is 13.2 Å². The molecule has 0 saturated heterocycles. The van der Waals surface area contributed by atoms with Crippen LogP contribution in [0.3, 0.4) is 0 Å². The maximum absolute atomic E-state index is 13.2. The van der Waals surface area contributed by atoms with Gasteiger partial charge < -0.3 is 23.7 Å². The summed E-state index contributed by atoms with van der Waals surface area (Å²) in [5.74, 6) is 0.215. The first-order valence-electron chi connectivity index (χ1n) is 11.8. The van der Waals surface area contributed by atoms with Crippen molar-refractivity contribution in [3.63, 3.8) is 0 Å². The lowest BCUT2D eigenvalue weighted by molar-refractivity contribution is -0.142. The summed E-state index contributed by atoms with van der Waals surface area (Å²) in [6.45, 7) is 4.37. The number of fused-ring (bicyclic) bond motifs is 2. The summed E-state index contributed by atoms with van der Waals surface area (Å²) in [6, 6.07) is 9.53. The highest BCUT2D eigenvalue weighted by atomic mass is 19.4. The van der Waals surface area contributed by atoms with E-state index in [0.717, 1.165) is 10.9 Å². The van der Waals surface area contributed by atoms with Gasteiger partial charge in [-0.15, -0.1) is 0 Å². The minimum atomic E-state index is -4.59. The molecule has 4 rings (SSSR count). The minimum Gasteiger partial charge on any atom is -0.493 e. The van der Waals surface area contributed by atoms with Gasteiger partial charge in [0.1, 0.15) is 17.5 Å². The molecule has 2 aromatic carbocycles. The SMILES string of the molecule is CCCc1c(OCCCOc2cccc3c2ccn3C(CC)C(=O)O)ccc2c(C(F)(F)F)noc12. The number of aromatic nitrogens is 2. The van der Waals surface area contributed by atoms with Crippen molar-refractivity contribution in [2.45, 2.75) is 51.7 Å². The van der Waals surface area contributed by atoms with E-state index in [1.54, 1.807) is 10.8 Å².